The Morgan fingerprint density at radius 3 is 2.72 bits per heavy atom. The summed E-state index contributed by atoms with van der Waals surface area (Å²) in [5.41, 5.74) is 8.90. The van der Waals surface area contributed by atoms with Gasteiger partial charge in [0.05, 0.1) is 23.8 Å². The predicted octanol–water partition coefficient (Wildman–Crippen LogP) is 2.65. The van der Waals surface area contributed by atoms with Crippen molar-refractivity contribution in [2.75, 3.05) is 50.4 Å². The summed E-state index contributed by atoms with van der Waals surface area (Å²) in [5, 5.41) is 0. The Labute approximate surface area is 188 Å². The second kappa shape index (κ2) is 9.12. The van der Waals surface area contributed by atoms with Crippen molar-refractivity contribution in [2.24, 2.45) is 4.99 Å². The number of rotatable bonds is 7. The van der Waals surface area contributed by atoms with Crippen LogP contribution in [0.3, 0.4) is 0 Å². The first kappa shape index (κ1) is 20.7. The van der Waals surface area contributed by atoms with E-state index in [0.29, 0.717) is 11.7 Å². The quantitative estimate of drug-likeness (QED) is 0.570. The molecule has 0 spiro atoms. The number of hydrogen-bond donors (Lipinski definition) is 1. The molecule has 2 aliphatic rings. The molecule has 2 fully saturated rings. The minimum atomic E-state index is 0.408. The minimum Gasteiger partial charge on any atom is -0.472 e. The number of nitrogens with two attached hydrogens (primary N) is 1. The average molecular weight is 435 g/mol. The van der Waals surface area contributed by atoms with Crippen molar-refractivity contribution in [1.29, 1.82) is 0 Å². The Morgan fingerprint density at radius 1 is 1.19 bits per heavy atom. The molecule has 9 heteroatoms. The lowest BCUT2D eigenvalue weighted by molar-refractivity contribution is 0.173. The first-order chi connectivity index (χ1) is 15.7. The predicted molar refractivity (Wildman–Crippen MR) is 125 cm³/mol. The molecule has 2 aliphatic heterocycles. The number of piperidine rings is 1. The number of hydrogen-bond acceptors (Lipinski definition) is 8. The Balaban J connectivity index is 1.34. The van der Waals surface area contributed by atoms with Crippen molar-refractivity contribution in [3.63, 3.8) is 0 Å². The van der Waals surface area contributed by atoms with Gasteiger partial charge in [0.2, 0.25) is 0 Å². The van der Waals surface area contributed by atoms with E-state index < -0.39 is 0 Å². The molecule has 3 aromatic heterocycles. The number of nitrogen functional groups attached to an aromatic ring is 1. The molecule has 3 aromatic rings. The van der Waals surface area contributed by atoms with Gasteiger partial charge in [-0.05, 0) is 38.4 Å². The van der Waals surface area contributed by atoms with E-state index in [1.807, 2.05) is 6.07 Å². The molecule has 0 amide bonds. The van der Waals surface area contributed by atoms with Crippen LogP contribution >= 0.6 is 0 Å². The van der Waals surface area contributed by atoms with E-state index in [-0.39, 0.29) is 0 Å². The molecule has 9 nitrogen and oxygen atoms in total. The molecule has 0 aliphatic carbocycles. The van der Waals surface area contributed by atoms with Crippen LogP contribution < -0.4 is 10.6 Å². The number of aromatic nitrogens is 4. The van der Waals surface area contributed by atoms with Crippen molar-refractivity contribution in [3.05, 3.63) is 42.5 Å². The number of anilines is 2. The van der Waals surface area contributed by atoms with Gasteiger partial charge in [0.1, 0.15) is 23.8 Å². The minimum absolute atomic E-state index is 0.408. The van der Waals surface area contributed by atoms with Crippen LogP contribution in [0.2, 0.25) is 0 Å². The van der Waals surface area contributed by atoms with Crippen LogP contribution in [0.25, 0.3) is 11.3 Å². The summed E-state index contributed by atoms with van der Waals surface area (Å²) < 4.78 is 7.65. The summed E-state index contributed by atoms with van der Waals surface area (Å²) in [6.07, 6.45) is 12.3. The van der Waals surface area contributed by atoms with Crippen molar-refractivity contribution >= 4 is 17.9 Å². The standard InChI is InChI=1S/C23H30N8O/c1-25-13-19-21(24)26-16-27-23(19)30-8-3-17(4-9-30)22-28-20(18-5-12-32-15-18)14-31(22)11-10-29-6-2-7-29/h5,12-17H,2-4,6-11H2,1H3,(H2,24,26,27)/b25-13+. The number of furan rings is 1. The van der Waals surface area contributed by atoms with Crippen LogP contribution in [0.15, 0.2) is 40.5 Å². The van der Waals surface area contributed by atoms with E-state index in [1.165, 1.54) is 31.7 Å². The van der Waals surface area contributed by atoms with Gasteiger partial charge in [0, 0.05) is 57.1 Å². The third-order valence-corrected chi connectivity index (χ3v) is 6.54. The third kappa shape index (κ3) is 4.12. The average Bonchev–Trinajstić information content (AvgIpc) is 3.44. The smallest absolute Gasteiger partial charge is 0.142 e. The van der Waals surface area contributed by atoms with E-state index in [1.54, 1.807) is 25.8 Å². The lowest BCUT2D eigenvalue weighted by Crippen LogP contribution is -2.39. The highest BCUT2D eigenvalue weighted by Crippen LogP contribution is 2.33. The molecule has 0 unspecified atom stereocenters. The molecule has 5 rings (SSSR count). The first-order valence-corrected chi connectivity index (χ1v) is 11.3. The zero-order valence-corrected chi connectivity index (χ0v) is 18.5. The molecule has 2 saturated heterocycles. The molecule has 0 bridgehead atoms. The molecule has 0 saturated carbocycles. The largest absolute Gasteiger partial charge is 0.472 e. The monoisotopic (exact) mass is 434 g/mol. The summed E-state index contributed by atoms with van der Waals surface area (Å²) in [4.78, 5) is 22.6. The lowest BCUT2D eigenvalue weighted by atomic mass is 9.95. The van der Waals surface area contributed by atoms with Crippen LogP contribution in [-0.4, -0.2) is 70.4 Å². The summed E-state index contributed by atoms with van der Waals surface area (Å²) >= 11 is 0. The first-order valence-electron chi connectivity index (χ1n) is 11.3. The van der Waals surface area contributed by atoms with Crippen molar-refractivity contribution in [2.45, 2.75) is 31.7 Å². The van der Waals surface area contributed by atoms with Crippen LogP contribution in [0.5, 0.6) is 0 Å². The Hall–Kier alpha value is -3.20. The normalized spacial score (nSPS) is 17.8. The molecule has 32 heavy (non-hydrogen) atoms. The molecule has 168 valence electrons. The zero-order chi connectivity index (χ0) is 21.9. The molecule has 5 heterocycles. The van der Waals surface area contributed by atoms with Gasteiger partial charge >= 0.3 is 0 Å². The van der Waals surface area contributed by atoms with E-state index >= 15 is 0 Å². The third-order valence-electron chi connectivity index (χ3n) is 6.54. The molecule has 0 aromatic carbocycles. The Bertz CT molecular complexity index is 1060. The number of imidazole rings is 1. The molecule has 0 radical (unpaired) electrons. The van der Waals surface area contributed by atoms with E-state index in [4.69, 9.17) is 15.1 Å². The summed E-state index contributed by atoms with van der Waals surface area (Å²) in [6.45, 7) is 6.26. The highest BCUT2D eigenvalue weighted by atomic mass is 16.3. The van der Waals surface area contributed by atoms with E-state index in [0.717, 1.165) is 61.7 Å². The molecular formula is C23H30N8O. The fraction of sp³-hybridized carbons (Fsp3) is 0.478. The second-order valence-electron chi connectivity index (χ2n) is 8.53. The maximum absolute atomic E-state index is 6.08. The van der Waals surface area contributed by atoms with Gasteiger partial charge < -0.3 is 24.5 Å². The van der Waals surface area contributed by atoms with Gasteiger partial charge in [0.15, 0.2) is 0 Å². The summed E-state index contributed by atoms with van der Waals surface area (Å²) in [7, 11) is 1.74. The lowest BCUT2D eigenvalue weighted by Gasteiger charge is -2.34. The highest BCUT2D eigenvalue weighted by molar-refractivity contribution is 5.91. The summed E-state index contributed by atoms with van der Waals surface area (Å²) in [5.74, 6) is 2.92. The van der Waals surface area contributed by atoms with Crippen molar-refractivity contribution in [1.82, 2.24) is 24.4 Å². The van der Waals surface area contributed by atoms with Gasteiger partial charge in [0.25, 0.3) is 0 Å². The highest BCUT2D eigenvalue weighted by Gasteiger charge is 2.27. The summed E-state index contributed by atoms with van der Waals surface area (Å²) in [6, 6.07) is 1.98. The molecule has 2 N–H and O–H groups in total. The van der Waals surface area contributed by atoms with Crippen LogP contribution in [-0.2, 0) is 6.54 Å². The van der Waals surface area contributed by atoms with Gasteiger partial charge in [-0.3, -0.25) is 4.99 Å². The number of likely N-dealkylation sites (tertiary alicyclic amines) is 1. The maximum atomic E-state index is 6.08. The van der Waals surface area contributed by atoms with Crippen molar-refractivity contribution in [3.8, 4) is 11.3 Å². The topological polar surface area (TPSA) is 102 Å². The number of nitrogens with zero attached hydrogens (tertiary/aromatic N) is 7. The SMILES string of the molecule is C/N=C/c1c(N)ncnc1N1CCC(c2nc(-c3ccoc3)cn2CCN2CCC2)CC1. The van der Waals surface area contributed by atoms with Gasteiger partial charge in [-0.15, -0.1) is 0 Å². The molecule has 0 atom stereocenters. The van der Waals surface area contributed by atoms with Gasteiger partial charge in [-0.1, -0.05) is 0 Å². The fourth-order valence-corrected chi connectivity index (χ4v) is 4.59. The Kier molecular flexibility index (Phi) is 5.89. The van der Waals surface area contributed by atoms with Gasteiger partial charge in [-0.25, -0.2) is 15.0 Å². The van der Waals surface area contributed by atoms with Crippen LogP contribution in [0, 0.1) is 0 Å². The second-order valence-corrected chi connectivity index (χ2v) is 8.53. The van der Waals surface area contributed by atoms with Crippen molar-refractivity contribution < 1.29 is 4.42 Å². The Morgan fingerprint density at radius 2 is 2.03 bits per heavy atom. The van der Waals surface area contributed by atoms with E-state index in [2.05, 4.69) is 35.5 Å². The zero-order valence-electron chi connectivity index (χ0n) is 18.5. The van der Waals surface area contributed by atoms with E-state index in [9.17, 15) is 0 Å². The number of aliphatic imine (C=N–C) groups is 1. The van der Waals surface area contributed by atoms with Gasteiger partial charge in [-0.2, -0.15) is 0 Å². The fourth-order valence-electron chi connectivity index (χ4n) is 4.59. The maximum Gasteiger partial charge on any atom is 0.142 e. The molecular weight excluding hydrogens is 404 g/mol. The van der Waals surface area contributed by atoms with Crippen LogP contribution in [0.1, 0.15) is 36.6 Å². The van der Waals surface area contributed by atoms with Crippen LogP contribution in [0.4, 0.5) is 11.6 Å².